The highest BCUT2D eigenvalue weighted by Gasteiger charge is 2.34. The lowest BCUT2D eigenvalue weighted by molar-refractivity contribution is -0.117. The molecule has 2 rings (SSSR count). The fraction of sp³-hybridized carbons (Fsp3) is 0.438. The largest absolute Gasteiger partial charge is 0.348 e. The molecule has 1 aromatic rings. The van der Waals surface area contributed by atoms with Crippen molar-refractivity contribution in [1.82, 2.24) is 10.2 Å². The quantitative estimate of drug-likeness (QED) is 0.869. The summed E-state index contributed by atoms with van der Waals surface area (Å²) in [5.74, 6) is -1.87. The van der Waals surface area contributed by atoms with Crippen molar-refractivity contribution in [2.45, 2.75) is 32.4 Å². The maximum atomic E-state index is 13.4. The van der Waals surface area contributed by atoms with Crippen LogP contribution < -0.4 is 5.32 Å². The molecule has 1 aliphatic rings. The molecule has 1 saturated heterocycles. The summed E-state index contributed by atoms with van der Waals surface area (Å²) in [7, 11) is 1.92. The molecule has 5 heteroatoms. The van der Waals surface area contributed by atoms with E-state index in [-0.39, 0.29) is 18.0 Å². The van der Waals surface area contributed by atoms with E-state index in [2.05, 4.69) is 5.32 Å². The predicted molar refractivity (Wildman–Crippen MR) is 77.7 cm³/mol. The summed E-state index contributed by atoms with van der Waals surface area (Å²) >= 11 is 0. The zero-order chi connectivity index (χ0) is 15.6. The molecule has 1 fully saturated rings. The normalized spacial score (nSPS) is 22.1. The van der Waals surface area contributed by atoms with Crippen LogP contribution in [0.1, 0.15) is 31.9 Å². The van der Waals surface area contributed by atoms with E-state index in [1.165, 1.54) is 6.07 Å². The maximum Gasteiger partial charge on any atom is 0.244 e. The second-order valence-electron chi connectivity index (χ2n) is 5.72. The zero-order valence-electron chi connectivity index (χ0n) is 12.5. The Labute approximate surface area is 123 Å². The van der Waals surface area contributed by atoms with Gasteiger partial charge in [-0.2, -0.15) is 0 Å². The number of carbonyl (C=O) groups is 1. The number of likely N-dealkylation sites (N-methyl/N-ethyl adjacent to an activating group) is 1. The number of halogens is 2. The molecule has 0 aliphatic carbocycles. The van der Waals surface area contributed by atoms with Gasteiger partial charge in [-0.15, -0.1) is 0 Å². The highest BCUT2D eigenvalue weighted by atomic mass is 19.2. The minimum atomic E-state index is -0.859. The number of likely N-dealkylation sites (tertiary alicyclic amines) is 1. The van der Waals surface area contributed by atoms with Crippen LogP contribution in [0, 0.1) is 11.6 Å². The van der Waals surface area contributed by atoms with E-state index in [1.54, 1.807) is 12.1 Å². The summed E-state index contributed by atoms with van der Waals surface area (Å²) in [4.78, 5) is 13.9. The first-order valence-corrected chi connectivity index (χ1v) is 6.99. The van der Waals surface area contributed by atoms with Crippen LogP contribution in [-0.2, 0) is 4.79 Å². The van der Waals surface area contributed by atoms with Gasteiger partial charge in [-0.3, -0.25) is 9.69 Å². The van der Waals surface area contributed by atoms with Crippen LogP contribution in [0.3, 0.4) is 0 Å². The molecule has 0 spiro atoms. The second-order valence-corrected chi connectivity index (χ2v) is 5.72. The Kier molecular flexibility index (Phi) is 4.73. The number of nitrogens with zero attached hydrogens (tertiary/aromatic N) is 1. The highest BCUT2D eigenvalue weighted by Crippen LogP contribution is 2.31. The molecule has 114 valence electrons. The van der Waals surface area contributed by atoms with Gasteiger partial charge in [-0.1, -0.05) is 11.6 Å². The third kappa shape index (κ3) is 3.67. The van der Waals surface area contributed by atoms with Crippen molar-refractivity contribution in [3.63, 3.8) is 0 Å². The molecular formula is C16H20F2N2O. The fourth-order valence-corrected chi connectivity index (χ4v) is 2.77. The summed E-state index contributed by atoms with van der Waals surface area (Å²) in [6.07, 6.45) is 2.32. The third-order valence-electron chi connectivity index (χ3n) is 3.68. The number of benzene rings is 1. The van der Waals surface area contributed by atoms with Crippen LogP contribution in [0.25, 0.3) is 0 Å². The minimum Gasteiger partial charge on any atom is -0.348 e. The predicted octanol–water partition coefficient (Wildman–Crippen LogP) is 2.79. The van der Waals surface area contributed by atoms with E-state index in [0.29, 0.717) is 5.56 Å². The molecule has 1 heterocycles. The molecule has 1 N–H and O–H groups in total. The molecule has 0 saturated carbocycles. The van der Waals surface area contributed by atoms with Gasteiger partial charge in [0.05, 0.1) is 12.1 Å². The van der Waals surface area contributed by atoms with Gasteiger partial charge in [0, 0.05) is 12.6 Å². The number of allylic oxidation sites excluding steroid dienone is 1. The summed E-state index contributed by atoms with van der Waals surface area (Å²) in [6.45, 7) is 4.50. The van der Waals surface area contributed by atoms with Gasteiger partial charge < -0.3 is 5.32 Å². The van der Waals surface area contributed by atoms with Gasteiger partial charge in [0.15, 0.2) is 11.6 Å². The molecule has 0 radical (unpaired) electrons. The summed E-state index contributed by atoms with van der Waals surface area (Å²) in [6, 6.07) is 3.66. The van der Waals surface area contributed by atoms with Crippen LogP contribution in [0.5, 0.6) is 0 Å². The second kappa shape index (κ2) is 6.35. The first-order chi connectivity index (χ1) is 9.88. The number of rotatable bonds is 3. The maximum absolute atomic E-state index is 13.4. The van der Waals surface area contributed by atoms with Gasteiger partial charge in [0.25, 0.3) is 0 Å². The van der Waals surface area contributed by atoms with Crippen LogP contribution in [0.2, 0.25) is 0 Å². The number of nitrogens with one attached hydrogen (secondary N) is 1. The number of hydrogen-bond donors (Lipinski definition) is 1. The van der Waals surface area contributed by atoms with E-state index in [0.717, 1.165) is 24.6 Å². The first kappa shape index (κ1) is 15.6. The SMILES string of the molecule is CC(C)=CC(=O)N[C@H]1CCN(C)[C@H]1c1ccc(F)c(F)c1. The molecule has 3 nitrogen and oxygen atoms in total. The highest BCUT2D eigenvalue weighted by molar-refractivity contribution is 5.88. The molecule has 1 aromatic carbocycles. The van der Waals surface area contributed by atoms with Gasteiger partial charge in [-0.05, 0) is 45.0 Å². The van der Waals surface area contributed by atoms with Crippen molar-refractivity contribution in [2.24, 2.45) is 0 Å². The minimum absolute atomic E-state index is 0.108. The zero-order valence-corrected chi connectivity index (χ0v) is 12.5. The summed E-state index contributed by atoms with van der Waals surface area (Å²) < 4.78 is 26.5. The smallest absolute Gasteiger partial charge is 0.244 e. The Morgan fingerprint density at radius 2 is 2.05 bits per heavy atom. The van der Waals surface area contributed by atoms with E-state index in [1.807, 2.05) is 25.8 Å². The van der Waals surface area contributed by atoms with Crippen LogP contribution >= 0.6 is 0 Å². The molecule has 0 aromatic heterocycles. The van der Waals surface area contributed by atoms with Crippen molar-refractivity contribution in [3.8, 4) is 0 Å². The Morgan fingerprint density at radius 3 is 2.67 bits per heavy atom. The fourth-order valence-electron chi connectivity index (χ4n) is 2.77. The van der Waals surface area contributed by atoms with Gasteiger partial charge in [-0.25, -0.2) is 8.78 Å². The monoisotopic (exact) mass is 294 g/mol. The van der Waals surface area contributed by atoms with Gasteiger partial charge >= 0.3 is 0 Å². The van der Waals surface area contributed by atoms with Crippen molar-refractivity contribution >= 4 is 5.91 Å². The van der Waals surface area contributed by atoms with Crippen LogP contribution in [0.15, 0.2) is 29.8 Å². The summed E-state index contributed by atoms with van der Waals surface area (Å²) in [5, 5.41) is 2.95. The van der Waals surface area contributed by atoms with Crippen molar-refractivity contribution in [1.29, 1.82) is 0 Å². The van der Waals surface area contributed by atoms with Crippen LogP contribution in [0.4, 0.5) is 8.78 Å². The standard InChI is InChI=1S/C16H20F2N2O/c1-10(2)8-15(21)19-14-6-7-20(3)16(14)11-4-5-12(17)13(18)9-11/h4-5,8-9,14,16H,6-7H2,1-3H3,(H,19,21)/t14-,16-/m0/s1. The number of hydrogen-bond acceptors (Lipinski definition) is 2. The van der Waals surface area contributed by atoms with Crippen molar-refractivity contribution in [2.75, 3.05) is 13.6 Å². The topological polar surface area (TPSA) is 32.3 Å². The molecule has 1 amide bonds. The number of carbonyl (C=O) groups excluding carboxylic acids is 1. The Balaban J connectivity index is 2.20. The lowest BCUT2D eigenvalue weighted by Gasteiger charge is -2.26. The van der Waals surface area contributed by atoms with E-state index >= 15 is 0 Å². The lowest BCUT2D eigenvalue weighted by atomic mass is 10.00. The molecule has 0 bridgehead atoms. The van der Waals surface area contributed by atoms with Crippen molar-refractivity contribution < 1.29 is 13.6 Å². The van der Waals surface area contributed by atoms with Gasteiger partial charge in [0.1, 0.15) is 0 Å². The molecule has 2 atom stereocenters. The Morgan fingerprint density at radius 1 is 1.33 bits per heavy atom. The van der Waals surface area contributed by atoms with Crippen LogP contribution in [-0.4, -0.2) is 30.4 Å². The lowest BCUT2D eigenvalue weighted by Crippen LogP contribution is -2.38. The molecular weight excluding hydrogens is 274 g/mol. The van der Waals surface area contributed by atoms with E-state index in [9.17, 15) is 13.6 Å². The average Bonchev–Trinajstić information content (AvgIpc) is 2.73. The summed E-state index contributed by atoms with van der Waals surface area (Å²) in [5.41, 5.74) is 1.60. The third-order valence-corrected chi connectivity index (χ3v) is 3.68. The molecule has 21 heavy (non-hydrogen) atoms. The van der Waals surface area contributed by atoms with Gasteiger partial charge in [0.2, 0.25) is 5.91 Å². The van der Waals surface area contributed by atoms with E-state index < -0.39 is 11.6 Å². The molecule has 0 unspecified atom stereocenters. The number of amides is 1. The van der Waals surface area contributed by atoms with Crippen molar-refractivity contribution in [3.05, 3.63) is 47.0 Å². The Bertz CT molecular complexity index is 567. The molecule has 1 aliphatic heterocycles. The van der Waals surface area contributed by atoms with E-state index in [4.69, 9.17) is 0 Å². The Hall–Kier alpha value is -1.75. The average molecular weight is 294 g/mol. The first-order valence-electron chi connectivity index (χ1n) is 6.99.